The maximum absolute atomic E-state index is 11.5. The number of nitrogens with zero attached hydrogens (tertiary/aromatic N) is 1. The van der Waals surface area contributed by atoms with Crippen molar-refractivity contribution in [2.45, 2.75) is 19.4 Å². The molecule has 70 valence electrons. The molecule has 1 saturated heterocycles. The second-order valence-corrected chi connectivity index (χ2v) is 2.92. The number of carbonyl (C=O) groups excluding carboxylic acids is 1. The highest BCUT2D eigenvalue weighted by Crippen LogP contribution is 2.06. The zero-order chi connectivity index (χ0) is 8.97. The number of rotatable bonds is 3. The van der Waals surface area contributed by atoms with Crippen molar-refractivity contribution in [2.75, 3.05) is 26.2 Å². The standard InChI is InChI=1S/C8H16N2O2/c1-2-3-10-4-5-12-7(6-9)8(10)11/h7H,2-6,9H2,1H3. The van der Waals surface area contributed by atoms with Gasteiger partial charge >= 0.3 is 0 Å². The number of carbonyl (C=O) groups is 1. The molecule has 0 aromatic rings. The van der Waals surface area contributed by atoms with Crippen molar-refractivity contribution in [1.29, 1.82) is 0 Å². The molecule has 2 N–H and O–H groups in total. The number of hydrogen-bond donors (Lipinski definition) is 1. The molecule has 1 fully saturated rings. The topological polar surface area (TPSA) is 55.6 Å². The van der Waals surface area contributed by atoms with Crippen LogP contribution in [-0.2, 0) is 9.53 Å². The average molecular weight is 172 g/mol. The summed E-state index contributed by atoms with van der Waals surface area (Å²) in [4.78, 5) is 13.3. The Kier molecular flexibility index (Phi) is 3.49. The van der Waals surface area contributed by atoms with Crippen LogP contribution in [0.15, 0.2) is 0 Å². The van der Waals surface area contributed by atoms with Gasteiger partial charge < -0.3 is 15.4 Å². The van der Waals surface area contributed by atoms with Crippen LogP contribution in [0.2, 0.25) is 0 Å². The molecule has 0 radical (unpaired) electrons. The van der Waals surface area contributed by atoms with Crippen molar-refractivity contribution in [3.05, 3.63) is 0 Å². The first kappa shape index (κ1) is 9.48. The van der Waals surface area contributed by atoms with E-state index in [1.807, 2.05) is 4.90 Å². The first-order valence-electron chi connectivity index (χ1n) is 4.40. The van der Waals surface area contributed by atoms with E-state index in [-0.39, 0.29) is 5.91 Å². The maximum Gasteiger partial charge on any atom is 0.253 e. The molecule has 1 unspecified atom stereocenters. The first-order chi connectivity index (χ1) is 5.79. The van der Waals surface area contributed by atoms with E-state index in [0.29, 0.717) is 19.7 Å². The summed E-state index contributed by atoms with van der Waals surface area (Å²) in [5.74, 6) is 0.0469. The Morgan fingerprint density at radius 3 is 3.08 bits per heavy atom. The van der Waals surface area contributed by atoms with Crippen LogP contribution in [0.4, 0.5) is 0 Å². The third-order valence-corrected chi connectivity index (χ3v) is 1.97. The molecule has 0 bridgehead atoms. The molecular formula is C8H16N2O2. The van der Waals surface area contributed by atoms with Gasteiger partial charge in [-0.3, -0.25) is 4.79 Å². The predicted molar refractivity (Wildman–Crippen MR) is 45.7 cm³/mol. The summed E-state index contributed by atoms with van der Waals surface area (Å²) in [6.07, 6.45) is 0.591. The summed E-state index contributed by atoms with van der Waals surface area (Å²) in [5.41, 5.74) is 5.38. The largest absolute Gasteiger partial charge is 0.365 e. The van der Waals surface area contributed by atoms with Crippen molar-refractivity contribution in [3.8, 4) is 0 Å². The Hall–Kier alpha value is -0.610. The van der Waals surface area contributed by atoms with Gasteiger partial charge in [-0.15, -0.1) is 0 Å². The molecule has 0 spiro atoms. The lowest BCUT2D eigenvalue weighted by molar-refractivity contribution is -0.151. The van der Waals surface area contributed by atoms with E-state index in [4.69, 9.17) is 10.5 Å². The SMILES string of the molecule is CCCN1CCOC(CN)C1=O. The van der Waals surface area contributed by atoms with Gasteiger partial charge in [-0.2, -0.15) is 0 Å². The van der Waals surface area contributed by atoms with Gasteiger partial charge in [0.25, 0.3) is 5.91 Å². The second-order valence-electron chi connectivity index (χ2n) is 2.92. The number of amides is 1. The first-order valence-corrected chi connectivity index (χ1v) is 4.40. The Bertz CT molecular complexity index is 159. The van der Waals surface area contributed by atoms with Gasteiger partial charge in [0.15, 0.2) is 0 Å². The molecule has 0 aromatic carbocycles. The van der Waals surface area contributed by atoms with Crippen LogP contribution in [-0.4, -0.2) is 43.2 Å². The van der Waals surface area contributed by atoms with Crippen LogP contribution in [0.5, 0.6) is 0 Å². The fraction of sp³-hybridized carbons (Fsp3) is 0.875. The number of ether oxygens (including phenoxy) is 1. The zero-order valence-corrected chi connectivity index (χ0v) is 7.45. The summed E-state index contributed by atoms with van der Waals surface area (Å²) in [6.45, 7) is 4.49. The smallest absolute Gasteiger partial charge is 0.253 e. The molecule has 1 atom stereocenters. The molecule has 1 heterocycles. The van der Waals surface area contributed by atoms with E-state index in [2.05, 4.69) is 6.92 Å². The summed E-state index contributed by atoms with van der Waals surface area (Å²) in [7, 11) is 0. The molecule has 1 amide bonds. The predicted octanol–water partition coefficient (Wildman–Crippen LogP) is -0.417. The minimum Gasteiger partial charge on any atom is -0.365 e. The van der Waals surface area contributed by atoms with Crippen LogP contribution < -0.4 is 5.73 Å². The summed E-state index contributed by atoms with van der Waals surface area (Å²) in [6, 6.07) is 0. The van der Waals surface area contributed by atoms with Gasteiger partial charge in [0.1, 0.15) is 6.10 Å². The van der Waals surface area contributed by atoms with Crippen molar-refractivity contribution in [3.63, 3.8) is 0 Å². The maximum atomic E-state index is 11.5. The molecule has 4 nitrogen and oxygen atoms in total. The highest BCUT2D eigenvalue weighted by Gasteiger charge is 2.27. The molecule has 1 rings (SSSR count). The van der Waals surface area contributed by atoms with Crippen molar-refractivity contribution in [2.24, 2.45) is 5.73 Å². The van der Waals surface area contributed by atoms with E-state index in [9.17, 15) is 4.79 Å². The zero-order valence-electron chi connectivity index (χ0n) is 7.45. The van der Waals surface area contributed by atoms with Crippen LogP contribution in [0.25, 0.3) is 0 Å². The van der Waals surface area contributed by atoms with E-state index in [1.54, 1.807) is 0 Å². The Morgan fingerprint density at radius 2 is 2.50 bits per heavy atom. The lowest BCUT2D eigenvalue weighted by atomic mass is 10.2. The molecule has 0 saturated carbocycles. The Labute approximate surface area is 72.7 Å². The lowest BCUT2D eigenvalue weighted by Gasteiger charge is -2.31. The van der Waals surface area contributed by atoms with E-state index in [1.165, 1.54) is 0 Å². The van der Waals surface area contributed by atoms with E-state index in [0.717, 1.165) is 13.0 Å². The summed E-state index contributed by atoms with van der Waals surface area (Å²) < 4.78 is 5.20. The lowest BCUT2D eigenvalue weighted by Crippen LogP contribution is -2.50. The highest BCUT2D eigenvalue weighted by molar-refractivity contribution is 5.81. The van der Waals surface area contributed by atoms with Crippen molar-refractivity contribution < 1.29 is 9.53 Å². The summed E-state index contributed by atoms with van der Waals surface area (Å²) >= 11 is 0. The van der Waals surface area contributed by atoms with Crippen molar-refractivity contribution in [1.82, 2.24) is 4.90 Å². The van der Waals surface area contributed by atoms with Gasteiger partial charge in [0.05, 0.1) is 6.61 Å². The normalized spacial score (nSPS) is 24.7. The minimum absolute atomic E-state index is 0.0469. The third-order valence-electron chi connectivity index (χ3n) is 1.97. The van der Waals surface area contributed by atoms with E-state index < -0.39 is 6.10 Å². The molecular weight excluding hydrogens is 156 g/mol. The number of nitrogens with two attached hydrogens (primary N) is 1. The van der Waals surface area contributed by atoms with Crippen LogP contribution in [0, 0.1) is 0 Å². The van der Waals surface area contributed by atoms with Gasteiger partial charge in [-0.05, 0) is 6.42 Å². The Balaban J connectivity index is 2.47. The summed E-state index contributed by atoms with van der Waals surface area (Å²) in [5, 5.41) is 0. The molecule has 0 aliphatic carbocycles. The number of hydrogen-bond acceptors (Lipinski definition) is 3. The molecule has 4 heteroatoms. The van der Waals surface area contributed by atoms with E-state index >= 15 is 0 Å². The third kappa shape index (κ3) is 1.95. The van der Waals surface area contributed by atoms with Crippen molar-refractivity contribution >= 4 is 5.91 Å². The fourth-order valence-electron chi connectivity index (χ4n) is 1.35. The Morgan fingerprint density at radius 1 is 1.75 bits per heavy atom. The van der Waals surface area contributed by atoms with Gasteiger partial charge in [-0.1, -0.05) is 6.92 Å². The number of morpholine rings is 1. The van der Waals surface area contributed by atoms with Crippen LogP contribution in [0.3, 0.4) is 0 Å². The van der Waals surface area contributed by atoms with Crippen LogP contribution >= 0.6 is 0 Å². The fourth-order valence-corrected chi connectivity index (χ4v) is 1.35. The molecule has 1 aliphatic rings. The molecule has 0 aromatic heterocycles. The quantitative estimate of drug-likeness (QED) is 0.629. The van der Waals surface area contributed by atoms with Gasteiger partial charge in [-0.25, -0.2) is 0 Å². The monoisotopic (exact) mass is 172 g/mol. The average Bonchev–Trinajstić information content (AvgIpc) is 2.09. The van der Waals surface area contributed by atoms with Gasteiger partial charge in [0, 0.05) is 19.6 Å². The second kappa shape index (κ2) is 4.42. The highest BCUT2D eigenvalue weighted by atomic mass is 16.5. The minimum atomic E-state index is -0.398. The van der Waals surface area contributed by atoms with Gasteiger partial charge in [0.2, 0.25) is 0 Å². The molecule has 12 heavy (non-hydrogen) atoms. The molecule has 1 aliphatic heterocycles. The van der Waals surface area contributed by atoms with Crippen LogP contribution in [0.1, 0.15) is 13.3 Å².